The second-order valence-electron chi connectivity index (χ2n) is 2.88. The van der Waals surface area contributed by atoms with Crippen LogP contribution in [0.2, 0.25) is 0 Å². The van der Waals surface area contributed by atoms with Gasteiger partial charge in [-0.25, -0.2) is 0 Å². The summed E-state index contributed by atoms with van der Waals surface area (Å²) in [6.07, 6.45) is 2.68. The molecule has 15 heavy (non-hydrogen) atoms. The molecule has 1 nitrogen and oxygen atoms in total. The maximum atomic E-state index is 8.34. The van der Waals surface area contributed by atoms with Crippen LogP contribution >= 0.6 is 0 Å². The summed E-state index contributed by atoms with van der Waals surface area (Å²) in [6.45, 7) is 0. The molecule has 0 aromatic heterocycles. The molecular formula is C14H14O. The molecule has 0 aliphatic rings. The molecule has 2 rings (SSSR count). The zero-order valence-electron chi connectivity index (χ0n) is 8.45. The molecule has 0 saturated heterocycles. The van der Waals surface area contributed by atoms with Crippen LogP contribution in [0.25, 0.3) is 6.08 Å². The standard InChI is InChI=1S/C8H8O.C6H6/c9-7-6-8-4-2-1-3-5-8;1-2-4-6-5-3-1/h1-7,9H;1-6H. The zero-order valence-corrected chi connectivity index (χ0v) is 8.45. The Morgan fingerprint density at radius 3 is 1.47 bits per heavy atom. The number of aliphatic hydroxyl groups excluding tert-OH is 1. The summed E-state index contributed by atoms with van der Waals surface area (Å²) < 4.78 is 0. The van der Waals surface area contributed by atoms with E-state index in [0.717, 1.165) is 11.8 Å². The first-order valence-corrected chi connectivity index (χ1v) is 4.79. The van der Waals surface area contributed by atoms with Crippen LogP contribution in [0.15, 0.2) is 73.0 Å². The highest BCUT2D eigenvalue weighted by Crippen LogP contribution is 1.98. The Hall–Kier alpha value is -2.02. The fraction of sp³-hybridized carbons (Fsp3) is 0. The van der Waals surface area contributed by atoms with Crippen LogP contribution in [0.4, 0.5) is 0 Å². The SMILES string of the molecule is OC=Cc1ccccc1.c1ccccc1. The van der Waals surface area contributed by atoms with E-state index in [1.54, 1.807) is 6.08 Å². The van der Waals surface area contributed by atoms with Gasteiger partial charge in [-0.2, -0.15) is 0 Å². The van der Waals surface area contributed by atoms with Gasteiger partial charge in [-0.05, 0) is 11.6 Å². The molecule has 0 atom stereocenters. The van der Waals surface area contributed by atoms with E-state index in [2.05, 4.69) is 0 Å². The van der Waals surface area contributed by atoms with Crippen molar-refractivity contribution in [2.45, 2.75) is 0 Å². The van der Waals surface area contributed by atoms with Crippen molar-refractivity contribution < 1.29 is 5.11 Å². The summed E-state index contributed by atoms with van der Waals surface area (Å²) in [7, 11) is 0. The lowest BCUT2D eigenvalue weighted by molar-refractivity contribution is 0.478. The largest absolute Gasteiger partial charge is 0.516 e. The fourth-order valence-electron chi connectivity index (χ4n) is 1.04. The maximum absolute atomic E-state index is 8.34. The third kappa shape index (κ3) is 5.32. The van der Waals surface area contributed by atoms with E-state index in [9.17, 15) is 0 Å². The van der Waals surface area contributed by atoms with Gasteiger partial charge in [0, 0.05) is 0 Å². The molecule has 0 radical (unpaired) electrons. The smallest absolute Gasteiger partial charge is 0.0797 e. The normalized spacial score (nSPS) is 9.33. The van der Waals surface area contributed by atoms with E-state index in [1.165, 1.54) is 0 Å². The monoisotopic (exact) mass is 198 g/mol. The topological polar surface area (TPSA) is 20.2 Å². The van der Waals surface area contributed by atoms with Gasteiger partial charge in [-0.3, -0.25) is 0 Å². The minimum atomic E-state index is 1.01. The van der Waals surface area contributed by atoms with E-state index in [4.69, 9.17) is 5.11 Å². The van der Waals surface area contributed by atoms with E-state index in [1.807, 2.05) is 66.7 Å². The fourth-order valence-corrected chi connectivity index (χ4v) is 1.04. The molecule has 2 aromatic rings. The summed E-state index contributed by atoms with van der Waals surface area (Å²) in [6, 6.07) is 21.6. The summed E-state index contributed by atoms with van der Waals surface area (Å²) >= 11 is 0. The lowest BCUT2D eigenvalue weighted by Gasteiger charge is -1.86. The van der Waals surface area contributed by atoms with E-state index < -0.39 is 0 Å². The van der Waals surface area contributed by atoms with Crippen molar-refractivity contribution in [1.29, 1.82) is 0 Å². The molecule has 0 aliphatic heterocycles. The Morgan fingerprint density at radius 2 is 1.07 bits per heavy atom. The first-order valence-electron chi connectivity index (χ1n) is 4.79. The van der Waals surface area contributed by atoms with Crippen LogP contribution in [-0.4, -0.2) is 5.11 Å². The second kappa shape index (κ2) is 7.39. The minimum Gasteiger partial charge on any atom is -0.516 e. The Morgan fingerprint density at radius 1 is 0.667 bits per heavy atom. The first kappa shape index (κ1) is 11.1. The summed E-state index contributed by atoms with van der Waals surface area (Å²) in [5, 5.41) is 8.34. The molecule has 0 heterocycles. The Bertz CT molecular complexity index is 338. The van der Waals surface area contributed by atoms with Gasteiger partial charge in [0.1, 0.15) is 0 Å². The van der Waals surface area contributed by atoms with Crippen molar-refractivity contribution in [2.24, 2.45) is 0 Å². The quantitative estimate of drug-likeness (QED) is 0.689. The Labute approximate surface area is 90.3 Å². The Kier molecular flexibility index (Phi) is 5.45. The lowest BCUT2D eigenvalue weighted by atomic mass is 10.2. The number of hydrogen-bond donors (Lipinski definition) is 1. The number of aliphatic hydroxyl groups is 1. The average molecular weight is 198 g/mol. The molecule has 2 aromatic carbocycles. The molecule has 0 spiro atoms. The van der Waals surface area contributed by atoms with Gasteiger partial charge in [-0.15, -0.1) is 0 Å². The van der Waals surface area contributed by atoms with Crippen LogP contribution in [0.1, 0.15) is 5.56 Å². The molecular weight excluding hydrogens is 184 g/mol. The van der Waals surface area contributed by atoms with Crippen molar-refractivity contribution >= 4 is 6.08 Å². The van der Waals surface area contributed by atoms with Gasteiger partial charge in [0.05, 0.1) is 6.26 Å². The zero-order chi connectivity index (χ0) is 10.8. The number of rotatable bonds is 1. The van der Waals surface area contributed by atoms with Gasteiger partial charge in [0.25, 0.3) is 0 Å². The van der Waals surface area contributed by atoms with Gasteiger partial charge >= 0.3 is 0 Å². The Balaban J connectivity index is 0.000000162. The second-order valence-corrected chi connectivity index (χ2v) is 2.88. The molecule has 0 amide bonds. The third-order valence-electron chi connectivity index (χ3n) is 1.73. The third-order valence-corrected chi connectivity index (χ3v) is 1.73. The van der Waals surface area contributed by atoms with Gasteiger partial charge in [-0.1, -0.05) is 66.7 Å². The highest BCUT2D eigenvalue weighted by molar-refractivity contribution is 5.47. The van der Waals surface area contributed by atoms with Crippen LogP contribution < -0.4 is 0 Å². The van der Waals surface area contributed by atoms with Crippen molar-refractivity contribution in [2.75, 3.05) is 0 Å². The first-order chi connectivity index (χ1) is 7.43. The molecule has 76 valence electrons. The van der Waals surface area contributed by atoms with Crippen molar-refractivity contribution in [3.63, 3.8) is 0 Å². The highest BCUT2D eigenvalue weighted by atomic mass is 16.2. The minimum absolute atomic E-state index is 1.01. The van der Waals surface area contributed by atoms with Gasteiger partial charge < -0.3 is 5.11 Å². The van der Waals surface area contributed by atoms with Crippen molar-refractivity contribution in [3.8, 4) is 0 Å². The van der Waals surface area contributed by atoms with Crippen molar-refractivity contribution in [1.82, 2.24) is 0 Å². The summed E-state index contributed by atoms with van der Waals surface area (Å²) in [5.41, 5.74) is 1.01. The summed E-state index contributed by atoms with van der Waals surface area (Å²) in [4.78, 5) is 0. The molecule has 0 unspecified atom stereocenters. The molecule has 1 N–H and O–H groups in total. The van der Waals surface area contributed by atoms with Crippen LogP contribution in [0, 0.1) is 0 Å². The lowest BCUT2D eigenvalue weighted by Crippen LogP contribution is -1.66. The average Bonchev–Trinajstić information content (AvgIpc) is 2.34. The van der Waals surface area contributed by atoms with Crippen LogP contribution in [0.3, 0.4) is 0 Å². The molecule has 0 saturated carbocycles. The van der Waals surface area contributed by atoms with E-state index in [0.29, 0.717) is 0 Å². The van der Waals surface area contributed by atoms with E-state index in [-0.39, 0.29) is 0 Å². The number of hydrogen-bond acceptors (Lipinski definition) is 1. The molecule has 0 fully saturated rings. The predicted molar refractivity (Wildman–Crippen MR) is 64.5 cm³/mol. The highest BCUT2D eigenvalue weighted by Gasteiger charge is 1.78. The summed E-state index contributed by atoms with van der Waals surface area (Å²) in [5.74, 6) is 0. The van der Waals surface area contributed by atoms with Crippen LogP contribution in [-0.2, 0) is 0 Å². The van der Waals surface area contributed by atoms with E-state index >= 15 is 0 Å². The van der Waals surface area contributed by atoms with Gasteiger partial charge in [0.2, 0.25) is 0 Å². The maximum Gasteiger partial charge on any atom is 0.0797 e. The van der Waals surface area contributed by atoms with Gasteiger partial charge in [0.15, 0.2) is 0 Å². The molecule has 0 aliphatic carbocycles. The molecule has 0 bridgehead atoms. The number of benzene rings is 2. The van der Waals surface area contributed by atoms with Crippen molar-refractivity contribution in [3.05, 3.63) is 78.6 Å². The molecule has 1 heteroatoms. The predicted octanol–water partition coefficient (Wildman–Crippen LogP) is 3.90. The van der Waals surface area contributed by atoms with Crippen LogP contribution in [0.5, 0.6) is 0 Å².